The van der Waals surface area contributed by atoms with E-state index in [1.54, 1.807) is 24.9 Å². The van der Waals surface area contributed by atoms with Gasteiger partial charge in [-0.1, -0.05) is 37.0 Å². The Morgan fingerprint density at radius 1 is 1.26 bits per heavy atom. The summed E-state index contributed by atoms with van der Waals surface area (Å²) < 4.78 is 1.58. The third-order valence-corrected chi connectivity index (χ3v) is 11.3. The van der Waals surface area contributed by atoms with E-state index in [0.717, 1.165) is 12.1 Å². The van der Waals surface area contributed by atoms with Gasteiger partial charge in [-0.05, 0) is 19.8 Å². The molecule has 3 rings (SSSR count). The SMILES string of the molecule is Cc1nn(C)cc1C(=O)NC1(C(=O)O)CC[Si]2(CCCC2)CC1. The van der Waals surface area contributed by atoms with Gasteiger partial charge in [0.05, 0.1) is 19.3 Å². The Balaban J connectivity index is 1.76. The topological polar surface area (TPSA) is 84.2 Å². The second-order valence-corrected chi connectivity index (χ2v) is 12.4. The molecule has 1 amide bonds. The highest BCUT2D eigenvalue weighted by molar-refractivity contribution is 6.80. The van der Waals surface area contributed by atoms with Gasteiger partial charge < -0.3 is 10.4 Å². The number of nitrogens with one attached hydrogen (secondary N) is 1. The standard InChI is InChI=1S/C16H25N3O3Si/c1-12-13(11-19(2)18-12)14(20)17-16(15(21)22)5-9-23(10-6-16)7-3-4-8-23/h11H,3-10H2,1-2H3,(H,17,20)(H,21,22). The third kappa shape index (κ3) is 2.94. The molecule has 3 heterocycles. The average Bonchev–Trinajstić information content (AvgIpc) is 3.08. The Kier molecular flexibility index (Phi) is 4.08. The van der Waals surface area contributed by atoms with E-state index < -0.39 is 19.6 Å². The molecule has 0 bridgehead atoms. The maximum absolute atomic E-state index is 12.6. The molecule has 2 aliphatic heterocycles. The molecule has 1 spiro atoms. The van der Waals surface area contributed by atoms with Gasteiger partial charge in [-0.3, -0.25) is 9.48 Å². The Morgan fingerprint density at radius 2 is 1.87 bits per heavy atom. The normalized spacial score (nSPS) is 22.2. The first-order valence-electron chi connectivity index (χ1n) is 8.42. The van der Waals surface area contributed by atoms with Crippen molar-refractivity contribution in [2.45, 2.75) is 62.3 Å². The zero-order valence-corrected chi connectivity index (χ0v) is 14.9. The van der Waals surface area contributed by atoms with E-state index in [1.807, 2.05) is 0 Å². The Hall–Kier alpha value is -1.63. The molecule has 0 aliphatic carbocycles. The molecule has 2 saturated heterocycles. The van der Waals surface area contributed by atoms with Gasteiger partial charge in [0.2, 0.25) is 0 Å². The van der Waals surface area contributed by atoms with E-state index in [4.69, 9.17) is 0 Å². The average molecular weight is 335 g/mol. The van der Waals surface area contributed by atoms with Gasteiger partial charge in [-0.2, -0.15) is 5.10 Å². The maximum Gasteiger partial charge on any atom is 0.329 e. The lowest BCUT2D eigenvalue weighted by Gasteiger charge is -2.41. The van der Waals surface area contributed by atoms with Crippen molar-refractivity contribution in [3.8, 4) is 0 Å². The van der Waals surface area contributed by atoms with E-state index in [9.17, 15) is 14.7 Å². The third-order valence-electron chi connectivity index (χ3n) is 5.85. The highest BCUT2D eigenvalue weighted by atomic mass is 28.3. The summed E-state index contributed by atoms with van der Waals surface area (Å²) in [5.74, 6) is -1.21. The van der Waals surface area contributed by atoms with E-state index >= 15 is 0 Å². The van der Waals surface area contributed by atoms with Crippen LogP contribution in [0.15, 0.2) is 6.20 Å². The monoisotopic (exact) mass is 335 g/mol. The smallest absolute Gasteiger partial charge is 0.329 e. The lowest BCUT2D eigenvalue weighted by atomic mass is 9.91. The number of carboxylic acid groups (broad SMARTS) is 1. The molecule has 0 radical (unpaired) electrons. The Bertz CT molecular complexity index is 625. The van der Waals surface area contributed by atoms with Gasteiger partial charge in [0.25, 0.3) is 5.91 Å². The zero-order chi connectivity index (χ0) is 16.7. The van der Waals surface area contributed by atoms with Crippen LogP contribution in [-0.2, 0) is 11.8 Å². The highest BCUT2D eigenvalue weighted by Gasteiger charge is 2.49. The zero-order valence-electron chi connectivity index (χ0n) is 13.9. The van der Waals surface area contributed by atoms with Gasteiger partial charge in [-0.15, -0.1) is 0 Å². The summed E-state index contributed by atoms with van der Waals surface area (Å²) in [5, 5.41) is 16.8. The lowest BCUT2D eigenvalue weighted by molar-refractivity contribution is -0.145. The van der Waals surface area contributed by atoms with Gasteiger partial charge in [0.1, 0.15) is 5.54 Å². The molecular formula is C16H25N3O3Si. The minimum Gasteiger partial charge on any atom is -0.480 e. The summed E-state index contributed by atoms with van der Waals surface area (Å²) in [7, 11) is 0.534. The summed E-state index contributed by atoms with van der Waals surface area (Å²) in [6.45, 7) is 1.77. The van der Waals surface area contributed by atoms with Crippen molar-refractivity contribution in [2.24, 2.45) is 7.05 Å². The molecule has 7 heteroatoms. The second-order valence-electron chi connectivity index (χ2n) is 7.35. The molecule has 23 heavy (non-hydrogen) atoms. The molecule has 0 unspecified atom stereocenters. The summed E-state index contributed by atoms with van der Waals surface area (Å²) in [4.78, 5) is 24.5. The molecule has 1 aromatic heterocycles. The number of hydrogen-bond donors (Lipinski definition) is 2. The molecular weight excluding hydrogens is 310 g/mol. The van der Waals surface area contributed by atoms with Crippen LogP contribution in [0, 0.1) is 6.92 Å². The van der Waals surface area contributed by atoms with Gasteiger partial charge >= 0.3 is 5.97 Å². The van der Waals surface area contributed by atoms with Crippen molar-refractivity contribution in [3.63, 3.8) is 0 Å². The molecule has 2 fully saturated rings. The summed E-state index contributed by atoms with van der Waals surface area (Å²) in [5.41, 5.74) is -0.00488. The number of aliphatic carboxylic acids is 1. The molecule has 0 atom stereocenters. The minimum atomic E-state index is -1.22. The van der Waals surface area contributed by atoms with E-state index in [2.05, 4.69) is 10.4 Å². The molecule has 2 N–H and O–H groups in total. The van der Waals surface area contributed by atoms with Crippen LogP contribution < -0.4 is 5.32 Å². The van der Waals surface area contributed by atoms with Crippen LogP contribution in [0.3, 0.4) is 0 Å². The number of carboxylic acids is 1. The second kappa shape index (κ2) is 5.78. The fraction of sp³-hybridized carbons (Fsp3) is 0.688. The molecule has 126 valence electrons. The van der Waals surface area contributed by atoms with Gasteiger partial charge in [0.15, 0.2) is 0 Å². The summed E-state index contributed by atoms with van der Waals surface area (Å²) in [6.07, 6.45) is 5.44. The quantitative estimate of drug-likeness (QED) is 0.830. The van der Waals surface area contributed by atoms with Crippen LogP contribution >= 0.6 is 0 Å². The predicted octanol–water partition coefficient (Wildman–Crippen LogP) is 2.32. The summed E-state index contributed by atoms with van der Waals surface area (Å²) >= 11 is 0. The molecule has 6 nitrogen and oxygen atoms in total. The van der Waals surface area contributed by atoms with Crippen molar-refractivity contribution in [1.82, 2.24) is 15.1 Å². The Morgan fingerprint density at radius 3 is 2.35 bits per heavy atom. The van der Waals surface area contributed by atoms with Gasteiger partial charge in [-0.25, -0.2) is 4.79 Å². The fourth-order valence-corrected chi connectivity index (χ4v) is 9.75. The maximum atomic E-state index is 12.6. The largest absolute Gasteiger partial charge is 0.480 e. The first-order chi connectivity index (χ1) is 10.9. The first-order valence-corrected chi connectivity index (χ1v) is 11.2. The number of carbonyl (C=O) groups is 2. The molecule has 0 saturated carbocycles. The number of hydrogen-bond acceptors (Lipinski definition) is 3. The van der Waals surface area contributed by atoms with E-state index in [0.29, 0.717) is 24.1 Å². The van der Waals surface area contributed by atoms with Crippen LogP contribution in [0.4, 0.5) is 0 Å². The highest BCUT2D eigenvalue weighted by Crippen LogP contribution is 2.45. The fourth-order valence-electron chi connectivity index (χ4n) is 4.33. The molecule has 1 aromatic rings. The van der Waals surface area contributed by atoms with Crippen LogP contribution in [0.1, 0.15) is 41.7 Å². The number of carbonyl (C=O) groups excluding carboxylic acids is 1. The lowest BCUT2D eigenvalue weighted by Crippen LogP contribution is -2.58. The van der Waals surface area contributed by atoms with E-state index in [1.165, 1.54) is 24.9 Å². The van der Waals surface area contributed by atoms with Crippen molar-refractivity contribution in [3.05, 3.63) is 17.5 Å². The summed E-state index contributed by atoms with van der Waals surface area (Å²) in [6, 6.07) is 4.76. The van der Waals surface area contributed by atoms with Crippen molar-refractivity contribution >= 4 is 20.0 Å². The van der Waals surface area contributed by atoms with Crippen LogP contribution in [0.25, 0.3) is 0 Å². The molecule has 0 aromatic carbocycles. The van der Waals surface area contributed by atoms with Crippen LogP contribution in [-0.4, -0.2) is 40.4 Å². The number of nitrogens with zero attached hydrogens (tertiary/aromatic N) is 2. The number of aryl methyl sites for hydroxylation is 2. The van der Waals surface area contributed by atoms with Crippen molar-refractivity contribution in [2.75, 3.05) is 0 Å². The predicted molar refractivity (Wildman–Crippen MR) is 89.2 cm³/mol. The number of amides is 1. The Labute approximate surface area is 137 Å². The van der Waals surface area contributed by atoms with Crippen LogP contribution in [0.2, 0.25) is 24.2 Å². The first kappa shape index (κ1) is 16.2. The van der Waals surface area contributed by atoms with Gasteiger partial charge in [0, 0.05) is 13.2 Å². The van der Waals surface area contributed by atoms with Crippen LogP contribution in [0.5, 0.6) is 0 Å². The number of rotatable bonds is 3. The van der Waals surface area contributed by atoms with E-state index in [-0.39, 0.29) is 5.91 Å². The molecule has 2 aliphatic rings. The van der Waals surface area contributed by atoms with Crippen molar-refractivity contribution < 1.29 is 14.7 Å². The number of aromatic nitrogens is 2. The van der Waals surface area contributed by atoms with Crippen molar-refractivity contribution in [1.29, 1.82) is 0 Å². The minimum absolute atomic E-state index is 0.318.